The number of nitrogens with zero attached hydrogens (tertiary/aromatic N) is 2. The van der Waals surface area contributed by atoms with Gasteiger partial charge in [-0.2, -0.15) is 0 Å². The Labute approximate surface area is 107 Å². The lowest BCUT2D eigenvalue weighted by Crippen LogP contribution is -2.63. The summed E-state index contributed by atoms with van der Waals surface area (Å²) in [6.45, 7) is 17.9. The van der Waals surface area contributed by atoms with E-state index in [1.165, 1.54) is 32.7 Å². The largest absolute Gasteiger partial charge is 0.316 e. The minimum atomic E-state index is 0.312. The zero-order valence-corrected chi connectivity index (χ0v) is 12.2. The Hall–Kier alpha value is -0.120. The van der Waals surface area contributed by atoms with Crippen molar-refractivity contribution in [2.45, 2.75) is 52.2 Å². The fourth-order valence-electron chi connectivity index (χ4n) is 3.04. The SMILES string of the molecule is CC1CN(C(C)(C)C)CC(C)N1CC1CNC1. The maximum absolute atomic E-state index is 3.38. The summed E-state index contributed by atoms with van der Waals surface area (Å²) in [5, 5.41) is 3.38. The molecule has 2 unspecified atom stereocenters. The summed E-state index contributed by atoms with van der Waals surface area (Å²) in [5.41, 5.74) is 0.312. The highest BCUT2D eigenvalue weighted by atomic mass is 15.3. The number of hydrogen-bond acceptors (Lipinski definition) is 3. The first-order valence-corrected chi connectivity index (χ1v) is 7.09. The Morgan fingerprint density at radius 3 is 1.94 bits per heavy atom. The van der Waals surface area contributed by atoms with Crippen LogP contribution < -0.4 is 5.32 Å². The summed E-state index contributed by atoms with van der Waals surface area (Å²) in [5.74, 6) is 0.890. The molecule has 3 nitrogen and oxygen atoms in total. The molecule has 0 amide bonds. The van der Waals surface area contributed by atoms with E-state index in [1.807, 2.05) is 0 Å². The molecule has 17 heavy (non-hydrogen) atoms. The van der Waals surface area contributed by atoms with Gasteiger partial charge < -0.3 is 5.32 Å². The highest BCUT2D eigenvalue weighted by Crippen LogP contribution is 2.24. The number of piperazine rings is 1. The van der Waals surface area contributed by atoms with E-state index in [0.29, 0.717) is 17.6 Å². The summed E-state index contributed by atoms with van der Waals surface area (Å²) < 4.78 is 0. The highest BCUT2D eigenvalue weighted by Gasteiger charge is 2.35. The van der Waals surface area contributed by atoms with Gasteiger partial charge in [0.15, 0.2) is 0 Å². The summed E-state index contributed by atoms with van der Waals surface area (Å²) in [4.78, 5) is 5.35. The number of rotatable bonds is 2. The van der Waals surface area contributed by atoms with Crippen LogP contribution in [-0.4, -0.2) is 60.1 Å². The molecule has 0 aromatic heterocycles. The maximum atomic E-state index is 3.38. The van der Waals surface area contributed by atoms with Crippen LogP contribution in [0.3, 0.4) is 0 Å². The average Bonchev–Trinajstić information content (AvgIpc) is 2.12. The van der Waals surface area contributed by atoms with Gasteiger partial charge in [0.2, 0.25) is 0 Å². The molecule has 1 N–H and O–H groups in total. The molecule has 0 bridgehead atoms. The summed E-state index contributed by atoms with van der Waals surface area (Å²) >= 11 is 0. The van der Waals surface area contributed by atoms with Crippen molar-refractivity contribution in [3.8, 4) is 0 Å². The van der Waals surface area contributed by atoms with Crippen molar-refractivity contribution in [2.24, 2.45) is 5.92 Å². The van der Waals surface area contributed by atoms with Crippen molar-refractivity contribution in [1.82, 2.24) is 15.1 Å². The quantitative estimate of drug-likeness (QED) is 0.786. The van der Waals surface area contributed by atoms with Crippen molar-refractivity contribution in [2.75, 3.05) is 32.7 Å². The van der Waals surface area contributed by atoms with Crippen LogP contribution in [0.25, 0.3) is 0 Å². The van der Waals surface area contributed by atoms with E-state index in [9.17, 15) is 0 Å². The molecule has 0 aromatic rings. The molecule has 0 aliphatic carbocycles. The van der Waals surface area contributed by atoms with E-state index >= 15 is 0 Å². The molecule has 0 saturated carbocycles. The Bertz CT molecular complexity index is 243. The summed E-state index contributed by atoms with van der Waals surface area (Å²) in [7, 11) is 0. The van der Waals surface area contributed by atoms with Gasteiger partial charge >= 0.3 is 0 Å². The van der Waals surface area contributed by atoms with Crippen molar-refractivity contribution < 1.29 is 0 Å². The number of nitrogens with one attached hydrogen (secondary N) is 1. The average molecular weight is 239 g/mol. The van der Waals surface area contributed by atoms with Gasteiger partial charge in [-0.1, -0.05) is 0 Å². The lowest BCUT2D eigenvalue weighted by atomic mass is 9.96. The van der Waals surface area contributed by atoms with E-state index < -0.39 is 0 Å². The lowest BCUT2D eigenvalue weighted by molar-refractivity contribution is -0.0163. The molecule has 2 aliphatic rings. The Balaban J connectivity index is 1.93. The van der Waals surface area contributed by atoms with Crippen LogP contribution in [0.15, 0.2) is 0 Å². The summed E-state index contributed by atoms with van der Waals surface area (Å²) in [6.07, 6.45) is 0. The predicted molar refractivity (Wildman–Crippen MR) is 73.3 cm³/mol. The minimum Gasteiger partial charge on any atom is -0.316 e. The van der Waals surface area contributed by atoms with E-state index in [4.69, 9.17) is 0 Å². The molecule has 3 heteroatoms. The van der Waals surface area contributed by atoms with Crippen molar-refractivity contribution in [3.05, 3.63) is 0 Å². The zero-order valence-electron chi connectivity index (χ0n) is 12.2. The van der Waals surface area contributed by atoms with E-state index in [-0.39, 0.29) is 0 Å². The molecule has 2 fully saturated rings. The molecular weight excluding hydrogens is 210 g/mol. The van der Waals surface area contributed by atoms with Crippen LogP contribution in [0.4, 0.5) is 0 Å². The molecule has 2 heterocycles. The topological polar surface area (TPSA) is 18.5 Å². The smallest absolute Gasteiger partial charge is 0.0198 e. The predicted octanol–water partition coefficient (Wildman–Crippen LogP) is 1.40. The molecule has 0 spiro atoms. The van der Waals surface area contributed by atoms with Gasteiger partial charge in [-0.05, 0) is 40.5 Å². The molecule has 2 saturated heterocycles. The first-order chi connectivity index (χ1) is 7.88. The maximum Gasteiger partial charge on any atom is 0.0198 e. The Kier molecular flexibility index (Phi) is 3.81. The van der Waals surface area contributed by atoms with Gasteiger partial charge in [-0.25, -0.2) is 0 Å². The molecule has 100 valence electrons. The third kappa shape index (κ3) is 3.01. The van der Waals surface area contributed by atoms with Gasteiger partial charge in [-0.3, -0.25) is 9.80 Å². The highest BCUT2D eigenvalue weighted by molar-refractivity contribution is 4.92. The van der Waals surface area contributed by atoms with Crippen molar-refractivity contribution in [1.29, 1.82) is 0 Å². The van der Waals surface area contributed by atoms with E-state index in [2.05, 4.69) is 49.7 Å². The molecule has 0 aromatic carbocycles. The second-order valence-electron chi connectivity index (χ2n) is 6.99. The number of hydrogen-bond donors (Lipinski definition) is 1. The van der Waals surface area contributed by atoms with Crippen LogP contribution in [0.5, 0.6) is 0 Å². The standard InChI is InChI=1S/C14H29N3/c1-11-8-16(14(3,4)5)9-12(2)17(11)10-13-6-15-7-13/h11-13,15H,6-10H2,1-5H3. The van der Waals surface area contributed by atoms with E-state index in [0.717, 1.165) is 5.92 Å². The molecule has 0 radical (unpaired) electrons. The van der Waals surface area contributed by atoms with Crippen molar-refractivity contribution >= 4 is 0 Å². The van der Waals surface area contributed by atoms with Gasteiger partial charge in [0.05, 0.1) is 0 Å². The van der Waals surface area contributed by atoms with Crippen LogP contribution >= 0.6 is 0 Å². The second kappa shape index (κ2) is 4.87. The van der Waals surface area contributed by atoms with Crippen LogP contribution in [-0.2, 0) is 0 Å². The van der Waals surface area contributed by atoms with Crippen molar-refractivity contribution in [3.63, 3.8) is 0 Å². The van der Waals surface area contributed by atoms with Gasteiger partial charge in [0.1, 0.15) is 0 Å². The normalized spacial score (nSPS) is 33.7. The molecule has 2 rings (SSSR count). The van der Waals surface area contributed by atoms with E-state index in [1.54, 1.807) is 0 Å². The molecule has 2 atom stereocenters. The zero-order chi connectivity index (χ0) is 12.6. The van der Waals surface area contributed by atoms with Gasteiger partial charge in [0.25, 0.3) is 0 Å². The molecular formula is C14H29N3. The fourth-order valence-corrected chi connectivity index (χ4v) is 3.04. The lowest BCUT2D eigenvalue weighted by Gasteiger charge is -2.50. The Morgan fingerprint density at radius 1 is 1.06 bits per heavy atom. The van der Waals surface area contributed by atoms with Crippen LogP contribution in [0, 0.1) is 5.92 Å². The van der Waals surface area contributed by atoms with Gasteiger partial charge in [0, 0.05) is 50.3 Å². The molecule has 2 aliphatic heterocycles. The first kappa shape index (κ1) is 13.3. The Morgan fingerprint density at radius 2 is 1.59 bits per heavy atom. The monoisotopic (exact) mass is 239 g/mol. The third-order valence-corrected chi connectivity index (χ3v) is 4.39. The fraction of sp³-hybridized carbons (Fsp3) is 1.00. The van der Waals surface area contributed by atoms with Crippen LogP contribution in [0.2, 0.25) is 0 Å². The first-order valence-electron chi connectivity index (χ1n) is 7.09. The van der Waals surface area contributed by atoms with Crippen LogP contribution in [0.1, 0.15) is 34.6 Å². The summed E-state index contributed by atoms with van der Waals surface area (Å²) in [6, 6.07) is 1.39. The second-order valence-corrected chi connectivity index (χ2v) is 6.99. The van der Waals surface area contributed by atoms with Gasteiger partial charge in [-0.15, -0.1) is 0 Å². The third-order valence-electron chi connectivity index (χ3n) is 4.39. The minimum absolute atomic E-state index is 0.312.